The second-order valence-electron chi connectivity index (χ2n) is 8.75. The molecular formula is C31H29N3O6. The molecule has 0 saturated heterocycles. The predicted molar refractivity (Wildman–Crippen MR) is 155 cm³/mol. The van der Waals surface area contributed by atoms with Gasteiger partial charge in [0, 0.05) is 17.7 Å². The minimum Gasteiger partial charge on any atom is -0.496 e. The Morgan fingerprint density at radius 3 is 2.50 bits per heavy atom. The molecule has 0 aliphatic heterocycles. The third-order valence-corrected chi connectivity index (χ3v) is 6.01. The van der Waals surface area contributed by atoms with Gasteiger partial charge in [0.05, 0.1) is 30.4 Å². The Morgan fingerprint density at radius 1 is 1.02 bits per heavy atom. The number of methoxy groups -OCH3 is 1. The SMILES string of the molecule is C=CCc1cc(/C=N\NC(=O)c2cc3ccccc3cc2OC)cc(OCC)c1OCc1cccc([N+](=O)[O-])c1. The first kappa shape index (κ1) is 27.8. The summed E-state index contributed by atoms with van der Waals surface area (Å²) in [5, 5.41) is 17.2. The van der Waals surface area contributed by atoms with Gasteiger partial charge in [-0.3, -0.25) is 14.9 Å². The number of hydrogen-bond donors (Lipinski definition) is 1. The number of non-ortho nitro benzene ring substituents is 1. The lowest BCUT2D eigenvalue weighted by Crippen LogP contribution is -2.18. The zero-order chi connectivity index (χ0) is 28.5. The number of nitrogens with one attached hydrogen (secondary N) is 1. The number of carbonyl (C=O) groups excluding carboxylic acids is 1. The number of amides is 1. The number of allylic oxidation sites excluding steroid dienone is 1. The van der Waals surface area contributed by atoms with Gasteiger partial charge < -0.3 is 14.2 Å². The summed E-state index contributed by atoms with van der Waals surface area (Å²) in [5.41, 5.74) is 5.04. The highest BCUT2D eigenvalue weighted by molar-refractivity contribution is 6.02. The number of benzene rings is 4. The fourth-order valence-electron chi connectivity index (χ4n) is 4.20. The standard InChI is InChI=1S/C31H29N3O6/c1-4-9-25-14-22(16-29(39-5-2)30(25)40-20-21-10-8-13-26(15-21)34(36)37)19-32-33-31(35)27-17-23-11-6-7-12-24(23)18-28(27)38-3/h4,6-8,10-19H,1,5,9,20H2,2-3H3,(H,33,35)/b32-19-. The van der Waals surface area contributed by atoms with Gasteiger partial charge in [0.25, 0.3) is 11.6 Å². The van der Waals surface area contributed by atoms with Crippen molar-refractivity contribution in [3.05, 3.63) is 118 Å². The van der Waals surface area contributed by atoms with E-state index in [1.807, 2.05) is 43.3 Å². The van der Waals surface area contributed by atoms with Crippen molar-refractivity contribution in [1.29, 1.82) is 0 Å². The van der Waals surface area contributed by atoms with E-state index in [1.54, 1.807) is 30.3 Å². The second-order valence-corrected chi connectivity index (χ2v) is 8.75. The van der Waals surface area contributed by atoms with Crippen molar-refractivity contribution in [1.82, 2.24) is 5.43 Å². The zero-order valence-electron chi connectivity index (χ0n) is 22.3. The summed E-state index contributed by atoms with van der Waals surface area (Å²) < 4.78 is 17.4. The normalized spacial score (nSPS) is 10.8. The number of hydrazone groups is 1. The Morgan fingerprint density at radius 2 is 1.80 bits per heavy atom. The maximum absolute atomic E-state index is 12.9. The molecule has 4 rings (SSSR count). The van der Waals surface area contributed by atoms with E-state index in [-0.39, 0.29) is 12.3 Å². The van der Waals surface area contributed by atoms with E-state index < -0.39 is 10.8 Å². The van der Waals surface area contributed by atoms with Crippen LogP contribution in [0.3, 0.4) is 0 Å². The Labute approximate surface area is 231 Å². The monoisotopic (exact) mass is 539 g/mol. The Balaban J connectivity index is 1.56. The Bertz CT molecular complexity index is 1580. The molecule has 0 aromatic heterocycles. The van der Waals surface area contributed by atoms with Crippen LogP contribution in [0.25, 0.3) is 10.8 Å². The summed E-state index contributed by atoms with van der Waals surface area (Å²) >= 11 is 0. The molecular weight excluding hydrogens is 510 g/mol. The van der Waals surface area contributed by atoms with Crippen molar-refractivity contribution in [3.63, 3.8) is 0 Å². The van der Waals surface area contributed by atoms with Gasteiger partial charge in [-0.25, -0.2) is 5.43 Å². The molecule has 0 bridgehead atoms. The van der Waals surface area contributed by atoms with Crippen LogP contribution in [0.15, 0.2) is 90.6 Å². The third-order valence-electron chi connectivity index (χ3n) is 6.01. The maximum Gasteiger partial charge on any atom is 0.275 e. The van der Waals surface area contributed by atoms with Crippen LogP contribution in [0.1, 0.15) is 34.0 Å². The molecule has 1 N–H and O–H groups in total. The zero-order valence-corrected chi connectivity index (χ0v) is 22.3. The average molecular weight is 540 g/mol. The number of nitro groups is 1. The summed E-state index contributed by atoms with van der Waals surface area (Å²) in [4.78, 5) is 23.6. The first-order chi connectivity index (χ1) is 19.4. The quantitative estimate of drug-likeness (QED) is 0.0989. The molecule has 0 saturated carbocycles. The molecule has 4 aromatic rings. The minimum absolute atomic E-state index is 0.00707. The topological polar surface area (TPSA) is 112 Å². The molecule has 0 unspecified atom stereocenters. The molecule has 0 aliphatic carbocycles. The molecule has 204 valence electrons. The first-order valence-electron chi connectivity index (χ1n) is 12.6. The number of ether oxygens (including phenoxy) is 3. The van der Waals surface area contributed by atoms with Crippen molar-refractivity contribution >= 4 is 28.6 Å². The van der Waals surface area contributed by atoms with Crippen LogP contribution in [-0.2, 0) is 13.0 Å². The number of nitro benzene ring substituents is 1. The highest BCUT2D eigenvalue weighted by atomic mass is 16.6. The number of fused-ring (bicyclic) bond motifs is 1. The average Bonchev–Trinajstić information content (AvgIpc) is 2.96. The summed E-state index contributed by atoms with van der Waals surface area (Å²) in [6, 6.07) is 21.2. The molecule has 0 fully saturated rings. The van der Waals surface area contributed by atoms with E-state index in [9.17, 15) is 14.9 Å². The van der Waals surface area contributed by atoms with Gasteiger partial charge in [0.15, 0.2) is 11.5 Å². The lowest BCUT2D eigenvalue weighted by Gasteiger charge is -2.17. The fourth-order valence-corrected chi connectivity index (χ4v) is 4.20. The van der Waals surface area contributed by atoms with Crippen LogP contribution >= 0.6 is 0 Å². The van der Waals surface area contributed by atoms with Crippen LogP contribution in [-0.4, -0.2) is 30.8 Å². The highest BCUT2D eigenvalue weighted by Gasteiger charge is 2.16. The molecule has 4 aromatic carbocycles. The molecule has 1 amide bonds. The lowest BCUT2D eigenvalue weighted by molar-refractivity contribution is -0.384. The van der Waals surface area contributed by atoms with E-state index in [2.05, 4.69) is 17.1 Å². The van der Waals surface area contributed by atoms with Gasteiger partial charge in [0.2, 0.25) is 0 Å². The third kappa shape index (κ3) is 6.63. The Hall–Kier alpha value is -5.18. The van der Waals surface area contributed by atoms with Crippen LogP contribution < -0.4 is 19.6 Å². The molecule has 0 spiro atoms. The van der Waals surface area contributed by atoms with Crippen LogP contribution in [0.2, 0.25) is 0 Å². The number of carbonyl (C=O) groups is 1. The molecule has 40 heavy (non-hydrogen) atoms. The molecule has 0 atom stereocenters. The van der Waals surface area contributed by atoms with Gasteiger partial charge in [0.1, 0.15) is 12.4 Å². The maximum atomic E-state index is 12.9. The molecule has 0 aliphatic rings. The predicted octanol–water partition coefficient (Wildman–Crippen LogP) is 6.23. The summed E-state index contributed by atoms with van der Waals surface area (Å²) in [6.07, 6.45) is 3.73. The van der Waals surface area contributed by atoms with Crippen molar-refractivity contribution in [2.45, 2.75) is 20.0 Å². The van der Waals surface area contributed by atoms with E-state index in [1.165, 1.54) is 25.5 Å². The summed E-state index contributed by atoms with van der Waals surface area (Å²) in [5.74, 6) is 1.03. The van der Waals surface area contributed by atoms with Crippen LogP contribution in [0.5, 0.6) is 17.2 Å². The summed E-state index contributed by atoms with van der Waals surface area (Å²) in [6.45, 7) is 6.19. The van der Waals surface area contributed by atoms with E-state index in [0.717, 1.165) is 16.3 Å². The highest BCUT2D eigenvalue weighted by Crippen LogP contribution is 2.34. The van der Waals surface area contributed by atoms with Gasteiger partial charge in [-0.2, -0.15) is 5.10 Å². The number of nitrogens with zero attached hydrogens (tertiary/aromatic N) is 2. The van der Waals surface area contributed by atoms with Crippen molar-refractivity contribution in [3.8, 4) is 17.2 Å². The summed E-state index contributed by atoms with van der Waals surface area (Å²) in [7, 11) is 1.52. The van der Waals surface area contributed by atoms with Crippen LogP contribution in [0.4, 0.5) is 5.69 Å². The first-order valence-corrected chi connectivity index (χ1v) is 12.6. The van der Waals surface area contributed by atoms with E-state index in [4.69, 9.17) is 14.2 Å². The van der Waals surface area contributed by atoms with Gasteiger partial charge in [-0.05, 0) is 59.5 Å². The van der Waals surface area contributed by atoms with Crippen molar-refractivity contribution in [2.75, 3.05) is 13.7 Å². The smallest absolute Gasteiger partial charge is 0.275 e. The van der Waals surface area contributed by atoms with Crippen molar-refractivity contribution < 1.29 is 23.9 Å². The number of rotatable bonds is 12. The lowest BCUT2D eigenvalue weighted by atomic mass is 10.1. The van der Waals surface area contributed by atoms with Gasteiger partial charge >= 0.3 is 0 Å². The van der Waals surface area contributed by atoms with Gasteiger partial charge in [-0.1, -0.05) is 42.5 Å². The largest absolute Gasteiger partial charge is 0.496 e. The number of hydrogen-bond acceptors (Lipinski definition) is 7. The molecule has 9 heteroatoms. The van der Waals surface area contributed by atoms with E-state index >= 15 is 0 Å². The van der Waals surface area contributed by atoms with E-state index in [0.29, 0.717) is 47.0 Å². The molecule has 9 nitrogen and oxygen atoms in total. The van der Waals surface area contributed by atoms with Crippen molar-refractivity contribution in [2.24, 2.45) is 5.10 Å². The second kappa shape index (κ2) is 13.1. The molecule has 0 radical (unpaired) electrons. The van der Waals surface area contributed by atoms with Gasteiger partial charge in [-0.15, -0.1) is 6.58 Å². The fraction of sp³-hybridized carbons (Fsp3) is 0.161. The Kier molecular flexibility index (Phi) is 9.09. The molecule has 0 heterocycles. The minimum atomic E-state index is -0.443. The van der Waals surface area contributed by atoms with Crippen LogP contribution in [0, 0.1) is 10.1 Å².